The topological polar surface area (TPSA) is 19.7 Å². The van der Waals surface area contributed by atoms with Crippen LogP contribution >= 0.6 is 0 Å². The van der Waals surface area contributed by atoms with Crippen molar-refractivity contribution < 1.29 is 17.0 Å². The second kappa shape index (κ2) is 9.71. The van der Waals surface area contributed by atoms with Crippen LogP contribution in [0.15, 0.2) is 12.4 Å². The van der Waals surface area contributed by atoms with Gasteiger partial charge in [0.1, 0.15) is 12.4 Å². The summed E-state index contributed by atoms with van der Waals surface area (Å²) in [4.78, 5) is 3.28. The molecule has 1 aromatic rings. The molecule has 0 atom stereocenters. The third-order valence-electron chi connectivity index (χ3n) is 2.99. The largest absolute Gasteiger partial charge is 1.00 e. The molecular weight excluding hydrogens is 220 g/mol. The third kappa shape index (κ3) is 6.16. The molecule has 16 heavy (non-hydrogen) atoms. The maximum Gasteiger partial charge on any atom is 0.253 e. The fourth-order valence-electron chi connectivity index (χ4n) is 1.94. The Labute approximate surface area is 106 Å². The zero-order valence-corrected chi connectivity index (χ0v) is 11.4. The van der Waals surface area contributed by atoms with Crippen molar-refractivity contribution in [1.82, 2.24) is 4.98 Å². The molecule has 0 saturated carbocycles. The van der Waals surface area contributed by atoms with E-state index >= 15 is 0 Å². The highest BCUT2D eigenvalue weighted by atomic mass is 35.5. The van der Waals surface area contributed by atoms with Crippen LogP contribution in [0.2, 0.25) is 0 Å². The molecule has 0 fully saturated rings. The Kier molecular flexibility index (Phi) is 9.40. The van der Waals surface area contributed by atoms with E-state index in [0.717, 1.165) is 0 Å². The summed E-state index contributed by atoms with van der Waals surface area (Å²) >= 11 is 0. The molecule has 0 unspecified atom stereocenters. The number of halogens is 1. The molecule has 94 valence electrons. The lowest BCUT2D eigenvalue weighted by atomic mass is 10.1. The van der Waals surface area contributed by atoms with Gasteiger partial charge in [-0.2, -0.15) is 0 Å². The number of H-pyrrole nitrogens is 1. The van der Waals surface area contributed by atoms with Crippen LogP contribution in [-0.2, 0) is 13.5 Å². The number of aryl methyl sites for hydroxylation is 2. The Morgan fingerprint density at radius 2 is 1.69 bits per heavy atom. The van der Waals surface area contributed by atoms with Crippen LogP contribution in [0.4, 0.5) is 0 Å². The maximum absolute atomic E-state index is 3.28. The molecule has 0 aliphatic carbocycles. The van der Waals surface area contributed by atoms with Crippen LogP contribution in [0.5, 0.6) is 0 Å². The van der Waals surface area contributed by atoms with Crippen LogP contribution < -0.4 is 17.0 Å². The van der Waals surface area contributed by atoms with Gasteiger partial charge in [-0.25, -0.2) is 9.55 Å². The fraction of sp³-hybridized carbons (Fsp3) is 0.769. The Bertz CT molecular complexity index is 258. The van der Waals surface area contributed by atoms with Crippen LogP contribution in [0.3, 0.4) is 0 Å². The Balaban J connectivity index is 0.00000225. The summed E-state index contributed by atoms with van der Waals surface area (Å²) in [5, 5.41) is 0. The highest BCUT2D eigenvalue weighted by molar-refractivity contribution is 4.76. The zero-order chi connectivity index (χ0) is 10.9. The number of hydrogen-bond donors (Lipinski definition) is 1. The second-order valence-corrected chi connectivity index (χ2v) is 4.39. The van der Waals surface area contributed by atoms with Crippen molar-refractivity contribution in [3.05, 3.63) is 18.2 Å². The van der Waals surface area contributed by atoms with E-state index < -0.39 is 0 Å². The van der Waals surface area contributed by atoms with Gasteiger partial charge in [0.25, 0.3) is 5.82 Å². The van der Waals surface area contributed by atoms with Crippen LogP contribution in [-0.4, -0.2) is 4.98 Å². The monoisotopic (exact) mass is 244 g/mol. The van der Waals surface area contributed by atoms with Crippen LogP contribution in [0, 0.1) is 0 Å². The van der Waals surface area contributed by atoms with Gasteiger partial charge in [-0.3, -0.25) is 0 Å². The van der Waals surface area contributed by atoms with E-state index in [2.05, 4.69) is 29.7 Å². The summed E-state index contributed by atoms with van der Waals surface area (Å²) in [5.41, 5.74) is 0. The minimum absolute atomic E-state index is 0. The first-order chi connectivity index (χ1) is 7.34. The lowest BCUT2D eigenvalue weighted by Gasteiger charge is -1.99. The summed E-state index contributed by atoms with van der Waals surface area (Å²) in [7, 11) is 2.10. The molecule has 1 heterocycles. The summed E-state index contributed by atoms with van der Waals surface area (Å²) in [5.74, 6) is 1.35. The number of hydrogen-bond acceptors (Lipinski definition) is 0. The van der Waals surface area contributed by atoms with E-state index in [9.17, 15) is 0 Å². The van der Waals surface area contributed by atoms with Gasteiger partial charge < -0.3 is 12.4 Å². The van der Waals surface area contributed by atoms with Gasteiger partial charge in [0.05, 0.1) is 7.05 Å². The number of aromatic nitrogens is 2. The lowest BCUT2D eigenvalue weighted by Crippen LogP contribution is -3.00. The minimum atomic E-state index is 0. The molecule has 2 nitrogen and oxygen atoms in total. The van der Waals surface area contributed by atoms with Crippen molar-refractivity contribution in [2.45, 2.75) is 58.3 Å². The van der Waals surface area contributed by atoms with Gasteiger partial charge in [-0.1, -0.05) is 45.4 Å². The predicted octanol–water partition coefficient (Wildman–Crippen LogP) is 0.136. The molecule has 0 aliphatic heterocycles. The quantitative estimate of drug-likeness (QED) is 0.496. The van der Waals surface area contributed by atoms with Gasteiger partial charge in [0.15, 0.2) is 0 Å². The van der Waals surface area contributed by atoms with Crippen LogP contribution in [0.1, 0.15) is 57.7 Å². The summed E-state index contributed by atoms with van der Waals surface area (Å²) in [6.07, 6.45) is 15.0. The van der Waals surface area contributed by atoms with Gasteiger partial charge in [-0.15, -0.1) is 0 Å². The number of aromatic amines is 1. The predicted molar refractivity (Wildman–Crippen MR) is 63.7 cm³/mol. The SMILES string of the molecule is CCCCCCCCCc1[nH]cc[n+]1C.[Cl-]. The van der Waals surface area contributed by atoms with Crippen molar-refractivity contribution in [1.29, 1.82) is 0 Å². The fourth-order valence-corrected chi connectivity index (χ4v) is 1.94. The minimum Gasteiger partial charge on any atom is -1.00 e. The van der Waals surface area contributed by atoms with E-state index in [1.54, 1.807) is 0 Å². The standard InChI is InChI=1S/C13H24N2.ClH/c1-3-4-5-6-7-8-9-10-13-14-11-12-15(13)2;/h11-12H,3-10H2,1-2H3;1H. The molecule has 0 saturated heterocycles. The van der Waals surface area contributed by atoms with Gasteiger partial charge in [0, 0.05) is 6.42 Å². The number of nitrogens with zero attached hydrogens (tertiary/aromatic N) is 1. The molecule has 0 spiro atoms. The molecule has 0 radical (unpaired) electrons. The molecular formula is C13H25ClN2. The summed E-state index contributed by atoms with van der Waals surface area (Å²) in [6.45, 7) is 2.27. The van der Waals surface area contributed by atoms with E-state index in [4.69, 9.17) is 0 Å². The van der Waals surface area contributed by atoms with Crippen molar-refractivity contribution in [3.63, 3.8) is 0 Å². The molecule has 0 bridgehead atoms. The van der Waals surface area contributed by atoms with Gasteiger partial charge in [-0.05, 0) is 6.42 Å². The highest BCUT2D eigenvalue weighted by Gasteiger charge is 2.04. The number of rotatable bonds is 8. The first kappa shape index (κ1) is 15.5. The van der Waals surface area contributed by atoms with Crippen molar-refractivity contribution in [3.8, 4) is 0 Å². The molecule has 0 amide bonds. The normalized spacial score (nSPS) is 10.1. The molecule has 1 rings (SSSR count). The summed E-state index contributed by atoms with van der Waals surface area (Å²) < 4.78 is 2.18. The smallest absolute Gasteiger partial charge is 0.253 e. The van der Waals surface area contributed by atoms with Crippen molar-refractivity contribution >= 4 is 0 Å². The number of nitrogens with one attached hydrogen (secondary N) is 1. The Morgan fingerprint density at radius 1 is 1.06 bits per heavy atom. The summed E-state index contributed by atoms with van der Waals surface area (Å²) in [6, 6.07) is 0. The number of imidazole rings is 1. The molecule has 3 heteroatoms. The zero-order valence-electron chi connectivity index (χ0n) is 10.6. The first-order valence-electron chi connectivity index (χ1n) is 6.36. The van der Waals surface area contributed by atoms with Crippen molar-refractivity contribution in [2.24, 2.45) is 7.05 Å². The van der Waals surface area contributed by atoms with Gasteiger partial charge >= 0.3 is 0 Å². The second-order valence-electron chi connectivity index (χ2n) is 4.39. The maximum atomic E-state index is 3.28. The average Bonchev–Trinajstić information content (AvgIpc) is 2.63. The van der Waals surface area contributed by atoms with Gasteiger partial charge in [0.2, 0.25) is 0 Å². The average molecular weight is 245 g/mol. The highest BCUT2D eigenvalue weighted by Crippen LogP contribution is 2.08. The first-order valence-corrected chi connectivity index (χ1v) is 6.36. The van der Waals surface area contributed by atoms with E-state index in [1.165, 1.54) is 57.2 Å². The third-order valence-corrected chi connectivity index (χ3v) is 2.99. The molecule has 0 aliphatic rings. The van der Waals surface area contributed by atoms with Crippen LogP contribution in [0.25, 0.3) is 0 Å². The van der Waals surface area contributed by atoms with E-state index in [-0.39, 0.29) is 12.4 Å². The molecule has 1 aromatic heterocycles. The molecule has 0 aromatic carbocycles. The van der Waals surface area contributed by atoms with E-state index in [1.807, 2.05) is 6.20 Å². The number of unbranched alkanes of at least 4 members (excludes halogenated alkanes) is 6. The Morgan fingerprint density at radius 3 is 2.25 bits per heavy atom. The van der Waals surface area contributed by atoms with Crippen molar-refractivity contribution in [2.75, 3.05) is 0 Å². The lowest BCUT2D eigenvalue weighted by molar-refractivity contribution is -0.677. The Hall–Kier alpha value is -0.500. The van der Waals surface area contributed by atoms with E-state index in [0.29, 0.717) is 0 Å². The molecule has 1 N–H and O–H groups in total.